The molecule has 2 aromatic carbocycles. The number of benzene rings is 2. The van der Waals surface area contributed by atoms with Crippen LogP contribution in [0.5, 0.6) is 0 Å². The van der Waals surface area contributed by atoms with E-state index in [0.29, 0.717) is 5.69 Å². The highest BCUT2D eigenvalue weighted by molar-refractivity contribution is 14.1. The van der Waals surface area contributed by atoms with Crippen LogP contribution in [-0.4, -0.2) is 5.91 Å². The fourth-order valence-corrected chi connectivity index (χ4v) is 2.35. The number of rotatable bonds is 4. The topological polar surface area (TPSA) is 64.9 Å². The minimum atomic E-state index is -0.433. The quantitative estimate of drug-likeness (QED) is 0.441. The maximum Gasteiger partial charge on any atom is 0.267 e. The van der Waals surface area contributed by atoms with E-state index in [4.69, 9.17) is 0 Å². The molecule has 0 fully saturated rings. The second kappa shape index (κ2) is 7.79. The molecule has 4 nitrogen and oxygen atoms in total. The lowest BCUT2D eigenvalue weighted by atomic mass is 10.1. The summed E-state index contributed by atoms with van der Waals surface area (Å²) in [4.78, 5) is 12.2. The first-order valence-electron chi connectivity index (χ1n) is 7.00. The van der Waals surface area contributed by atoms with Crippen LogP contribution in [0.2, 0.25) is 0 Å². The van der Waals surface area contributed by atoms with Gasteiger partial charge in [-0.05, 0) is 72.3 Å². The highest BCUT2D eigenvalue weighted by Gasteiger charge is 2.10. The SMILES string of the molecule is Cc1ccc(NC(=O)/C(C#N)=C\Nc2ccc(I)cc2)c(C)c1. The van der Waals surface area contributed by atoms with Gasteiger partial charge in [0.15, 0.2) is 0 Å². The zero-order valence-corrected chi connectivity index (χ0v) is 15.0. The van der Waals surface area contributed by atoms with Crippen LogP contribution in [0.3, 0.4) is 0 Å². The molecule has 0 saturated heterocycles. The van der Waals surface area contributed by atoms with Crippen LogP contribution in [0, 0.1) is 28.7 Å². The van der Waals surface area contributed by atoms with E-state index in [0.717, 1.165) is 20.4 Å². The second-order valence-electron chi connectivity index (χ2n) is 5.09. The van der Waals surface area contributed by atoms with Crippen molar-refractivity contribution in [3.8, 4) is 6.07 Å². The van der Waals surface area contributed by atoms with Gasteiger partial charge in [0.2, 0.25) is 0 Å². The first kappa shape index (κ1) is 17.0. The van der Waals surface area contributed by atoms with E-state index in [1.807, 2.05) is 62.4 Å². The fraction of sp³-hybridized carbons (Fsp3) is 0.111. The third kappa shape index (κ3) is 4.83. The van der Waals surface area contributed by atoms with Crippen LogP contribution in [0.4, 0.5) is 11.4 Å². The molecule has 116 valence electrons. The smallest absolute Gasteiger partial charge is 0.267 e. The van der Waals surface area contributed by atoms with Crippen molar-refractivity contribution >= 4 is 39.9 Å². The van der Waals surface area contributed by atoms with E-state index in [9.17, 15) is 10.1 Å². The zero-order chi connectivity index (χ0) is 16.8. The van der Waals surface area contributed by atoms with E-state index in [-0.39, 0.29) is 5.57 Å². The summed E-state index contributed by atoms with van der Waals surface area (Å²) in [6, 6.07) is 15.3. The van der Waals surface area contributed by atoms with Crippen LogP contribution in [0.1, 0.15) is 11.1 Å². The summed E-state index contributed by atoms with van der Waals surface area (Å²) in [6.45, 7) is 3.91. The molecule has 1 amide bonds. The third-order valence-corrected chi connectivity index (χ3v) is 3.94. The highest BCUT2D eigenvalue weighted by Crippen LogP contribution is 2.17. The molecule has 0 radical (unpaired) electrons. The van der Waals surface area contributed by atoms with Crippen molar-refractivity contribution in [2.75, 3.05) is 10.6 Å². The predicted octanol–water partition coefficient (Wildman–Crippen LogP) is 4.37. The molecule has 5 heteroatoms. The van der Waals surface area contributed by atoms with Gasteiger partial charge in [-0.25, -0.2) is 0 Å². The number of amides is 1. The average Bonchev–Trinajstić information content (AvgIpc) is 2.52. The number of nitrogens with zero attached hydrogens (tertiary/aromatic N) is 1. The first-order valence-corrected chi connectivity index (χ1v) is 8.08. The molecule has 23 heavy (non-hydrogen) atoms. The Morgan fingerprint density at radius 1 is 1.17 bits per heavy atom. The Morgan fingerprint density at radius 3 is 2.48 bits per heavy atom. The molecule has 0 aromatic heterocycles. The molecule has 2 N–H and O–H groups in total. The van der Waals surface area contributed by atoms with Gasteiger partial charge < -0.3 is 10.6 Å². The Hall–Kier alpha value is -2.33. The lowest BCUT2D eigenvalue weighted by Gasteiger charge is -2.09. The molecule has 0 spiro atoms. The van der Waals surface area contributed by atoms with Gasteiger partial charge in [0.1, 0.15) is 11.6 Å². The number of carbonyl (C=O) groups is 1. The number of halogens is 1. The van der Waals surface area contributed by atoms with Crippen LogP contribution < -0.4 is 10.6 Å². The van der Waals surface area contributed by atoms with Crippen molar-refractivity contribution in [2.24, 2.45) is 0 Å². The van der Waals surface area contributed by atoms with Crippen LogP contribution >= 0.6 is 22.6 Å². The Bertz CT molecular complexity index is 789. The number of nitriles is 1. The average molecular weight is 417 g/mol. The lowest BCUT2D eigenvalue weighted by molar-refractivity contribution is -0.112. The van der Waals surface area contributed by atoms with E-state index in [2.05, 4.69) is 33.2 Å². The van der Waals surface area contributed by atoms with Crippen molar-refractivity contribution in [1.82, 2.24) is 0 Å². The van der Waals surface area contributed by atoms with E-state index >= 15 is 0 Å². The Kier molecular flexibility index (Phi) is 5.77. The van der Waals surface area contributed by atoms with Gasteiger partial charge in [-0.3, -0.25) is 4.79 Å². The van der Waals surface area contributed by atoms with Gasteiger partial charge in [0, 0.05) is 21.1 Å². The molecular weight excluding hydrogens is 401 g/mol. The molecule has 0 bridgehead atoms. The van der Waals surface area contributed by atoms with Crippen molar-refractivity contribution in [2.45, 2.75) is 13.8 Å². The predicted molar refractivity (Wildman–Crippen MR) is 101 cm³/mol. The van der Waals surface area contributed by atoms with Crippen molar-refractivity contribution in [3.05, 3.63) is 68.9 Å². The molecule has 0 saturated carbocycles. The van der Waals surface area contributed by atoms with Crippen LogP contribution in [0.15, 0.2) is 54.2 Å². The molecular formula is C18H16IN3O. The number of anilines is 2. The Morgan fingerprint density at radius 2 is 1.87 bits per heavy atom. The zero-order valence-electron chi connectivity index (χ0n) is 12.9. The third-order valence-electron chi connectivity index (χ3n) is 3.22. The summed E-state index contributed by atoms with van der Waals surface area (Å²) in [6.07, 6.45) is 1.42. The van der Waals surface area contributed by atoms with Gasteiger partial charge in [-0.1, -0.05) is 17.7 Å². The summed E-state index contributed by atoms with van der Waals surface area (Å²) < 4.78 is 1.12. The molecule has 2 aromatic rings. The number of nitrogens with one attached hydrogen (secondary N) is 2. The molecule has 0 aliphatic heterocycles. The Labute approximate surface area is 149 Å². The molecule has 0 aliphatic carbocycles. The molecule has 2 rings (SSSR count). The molecule has 0 aliphatic rings. The van der Waals surface area contributed by atoms with E-state index in [1.54, 1.807) is 0 Å². The van der Waals surface area contributed by atoms with Crippen molar-refractivity contribution < 1.29 is 4.79 Å². The maximum atomic E-state index is 12.2. The number of aryl methyl sites for hydroxylation is 2. The van der Waals surface area contributed by atoms with Gasteiger partial charge in [-0.15, -0.1) is 0 Å². The van der Waals surface area contributed by atoms with Gasteiger partial charge in [0.25, 0.3) is 5.91 Å². The normalized spacial score (nSPS) is 10.8. The molecule has 0 heterocycles. The van der Waals surface area contributed by atoms with Crippen LogP contribution in [0.25, 0.3) is 0 Å². The number of hydrogen-bond donors (Lipinski definition) is 2. The monoisotopic (exact) mass is 417 g/mol. The van der Waals surface area contributed by atoms with Gasteiger partial charge >= 0.3 is 0 Å². The summed E-state index contributed by atoms with van der Waals surface area (Å²) in [5.74, 6) is -0.433. The fourth-order valence-electron chi connectivity index (χ4n) is 1.99. The number of carbonyl (C=O) groups excluding carboxylic acids is 1. The largest absolute Gasteiger partial charge is 0.360 e. The van der Waals surface area contributed by atoms with Gasteiger partial charge in [0.05, 0.1) is 0 Å². The van der Waals surface area contributed by atoms with Crippen LogP contribution in [-0.2, 0) is 4.79 Å². The van der Waals surface area contributed by atoms with Crippen molar-refractivity contribution in [1.29, 1.82) is 5.26 Å². The highest BCUT2D eigenvalue weighted by atomic mass is 127. The number of hydrogen-bond acceptors (Lipinski definition) is 3. The molecule has 0 atom stereocenters. The van der Waals surface area contributed by atoms with Crippen molar-refractivity contribution in [3.63, 3.8) is 0 Å². The molecule has 0 unspecified atom stereocenters. The first-order chi connectivity index (χ1) is 11.0. The minimum absolute atomic E-state index is 0.0172. The van der Waals surface area contributed by atoms with E-state index in [1.165, 1.54) is 6.20 Å². The van der Waals surface area contributed by atoms with E-state index < -0.39 is 5.91 Å². The Balaban J connectivity index is 2.10. The van der Waals surface area contributed by atoms with Gasteiger partial charge in [-0.2, -0.15) is 5.26 Å². The summed E-state index contributed by atoms with van der Waals surface area (Å²) in [5, 5.41) is 14.9. The summed E-state index contributed by atoms with van der Waals surface area (Å²) in [5.41, 5.74) is 3.62. The summed E-state index contributed by atoms with van der Waals surface area (Å²) in [7, 11) is 0. The second-order valence-corrected chi connectivity index (χ2v) is 6.34. The lowest BCUT2D eigenvalue weighted by Crippen LogP contribution is -2.15. The minimum Gasteiger partial charge on any atom is -0.360 e. The summed E-state index contributed by atoms with van der Waals surface area (Å²) >= 11 is 2.21. The maximum absolute atomic E-state index is 12.2. The standard InChI is InChI=1S/C18H16IN3O/c1-12-3-8-17(13(2)9-12)22-18(23)14(10-20)11-21-16-6-4-15(19)5-7-16/h3-9,11,21H,1-2H3,(H,22,23)/b14-11-.